The lowest BCUT2D eigenvalue weighted by Gasteiger charge is -2.26. The fraction of sp³-hybridized carbons (Fsp3) is 0.206. The molecule has 5 heteroatoms. The maximum atomic E-state index is 6.77. The van der Waals surface area contributed by atoms with Crippen molar-refractivity contribution in [3.63, 3.8) is 0 Å². The van der Waals surface area contributed by atoms with Crippen LogP contribution < -0.4 is 14.5 Å². The molecule has 0 unspecified atom stereocenters. The summed E-state index contributed by atoms with van der Waals surface area (Å²) < 4.78 is 19.7. The molecule has 0 fully saturated rings. The van der Waals surface area contributed by atoms with Gasteiger partial charge < -0.3 is 23.4 Å². The van der Waals surface area contributed by atoms with E-state index in [4.69, 9.17) is 13.6 Å². The van der Waals surface area contributed by atoms with Gasteiger partial charge in [0.2, 0.25) is 5.75 Å². The van der Waals surface area contributed by atoms with Crippen molar-refractivity contribution in [1.82, 2.24) is 0 Å². The van der Waals surface area contributed by atoms with Crippen molar-refractivity contribution >= 4 is 99.5 Å². The Morgan fingerprint density at radius 1 is 0.324 bits per heavy atom. The average molecular weight is 891 g/mol. The molecule has 0 spiro atoms. The molecule has 5 nitrogen and oxygen atoms in total. The summed E-state index contributed by atoms with van der Waals surface area (Å²) in [7, 11) is 1.70. The number of benzene rings is 9. The second-order valence-corrected chi connectivity index (χ2v) is 19.8. The Kier molecular flexibility index (Phi) is 10.8. The summed E-state index contributed by atoms with van der Waals surface area (Å²) in [5.74, 6) is 2.43. The van der Waals surface area contributed by atoms with E-state index in [0.717, 1.165) is 88.4 Å². The number of ether oxygens (including phenoxy) is 1. The number of nitrogens with zero attached hydrogens (tertiary/aromatic N) is 2. The van der Waals surface area contributed by atoms with Gasteiger partial charge in [0.25, 0.3) is 0 Å². The molecule has 9 aromatic carbocycles. The minimum Gasteiger partial charge on any atom is -0.490 e. The molecule has 0 atom stereocenters. The summed E-state index contributed by atoms with van der Waals surface area (Å²) in [5.41, 5.74) is 14.9. The van der Waals surface area contributed by atoms with Crippen LogP contribution in [0.15, 0.2) is 173 Å². The third kappa shape index (κ3) is 7.51. The Labute approximate surface area is 399 Å². The van der Waals surface area contributed by atoms with Crippen molar-refractivity contribution in [2.45, 2.75) is 79.1 Å². The lowest BCUT2D eigenvalue weighted by Crippen LogP contribution is -2.10. The van der Waals surface area contributed by atoms with E-state index in [1.54, 1.807) is 7.11 Å². The van der Waals surface area contributed by atoms with E-state index >= 15 is 0 Å². The molecule has 0 amide bonds. The third-order valence-corrected chi connectivity index (χ3v) is 14.0. The van der Waals surface area contributed by atoms with Crippen LogP contribution in [0.25, 0.3) is 65.4 Å². The number of methoxy groups -OCH3 is 1. The van der Waals surface area contributed by atoms with Gasteiger partial charge in [-0.25, -0.2) is 0 Å². The molecule has 68 heavy (non-hydrogen) atoms. The van der Waals surface area contributed by atoms with Crippen LogP contribution in [0.5, 0.6) is 5.75 Å². The Morgan fingerprint density at radius 3 is 0.926 bits per heavy atom. The van der Waals surface area contributed by atoms with Gasteiger partial charge >= 0.3 is 0 Å². The highest BCUT2D eigenvalue weighted by molar-refractivity contribution is 6.21. The summed E-state index contributed by atoms with van der Waals surface area (Å²) >= 11 is 0. The average Bonchev–Trinajstić information content (AvgIpc) is 3.89. The molecule has 338 valence electrons. The minimum atomic E-state index is 0.458. The zero-order chi connectivity index (χ0) is 47.0. The highest BCUT2D eigenvalue weighted by atomic mass is 16.5. The minimum absolute atomic E-state index is 0.458. The zero-order valence-corrected chi connectivity index (χ0v) is 40.5. The first-order chi connectivity index (χ1) is 32.9. The summed E-state index contributed by atoms with van der Waals surface area (Å²) in [5, 5.41) is 8.51. The second-order valence-electron chi connectivity index (χ2n) is 19.8. The molecule has 2 heterocycles. The molecule has 0 aliphatic rings. The van der Waals surface area contributed by atoms with Crippen LogP contribution in [0.2, 0.25) is 0 Å². The van der Waals surface area contributed by atoms with Crippen molar-refractivity contribution in [3.05, 3.63) is 186 Å². The SMILES string of the molecule is COc1c2oc3cc4cc(N(c5ccc(C(C)C)cc5)c5ccc(C(C)C)cc5)ccc4cc3c2cc2c1oc1cc3cc(N(c4ccc(C(C)C)cc4)c4ccc(C(C)C)cc4)ccc3cc12. The predicted molar refractivity (Wildman–Crippen MR) is 288 cm³/mol. The van der Waals surface area contributed by atoms with Crippen LogP contribution in [-0.4, -0.2) is 7.11 Å². The van der Waals surface area contributed by atoms with E-state index in [0.29, 0.717) is 40.6 Å². The first kappa shape index (κ1) is 43.1. The number of fused-ring (bicyclic) bond motifs is 8. The Bertz CT molecular complexity index is 3310. The van der Waals surface area contributed by atoms with Crippen molar-refractivity contribution in [3.8, 4) is 5.75 Å². The van der Waals surface area contributed by atoms with Crippen LogP contribution in [0.4, 0.5) is 34.1 Å². The van der Waals surface area contributed by atoms with Crippen LogP contribution in [0.1, 0.15) is 101 Å². The highest BCUT2D eigenvalue weighted by Gasteiger charge is 2.23. The monoisotopic (exact) mass is 890 g/mol. The normalized spacial score (nSPS) is 12.1. The first-order valence-corrected chi connectivity index (χ1v) is 24.2. The van der Waals surface area contributed by atoms with Crippen molar-refractivity contribution in [2.75, 3.05) is 16.9 Å². The van der Waals surface area contributed by atoms with E-state index in [1.165, 1.54) is 22.3 Å². The van der Waals surface area contributed by atoms with Gasteiger partial charge in [0.05, 0.1) is 7.11 Å². The second kappa shape index (κ2) is 17.0. The van der Waals surface area contributed by atoms with Gasteiger partial charge in [0.15, 0.2) is 11.2 Å². The van der Waals surface area contributed by atoms with Gasteiger partial charge in [0, 0.05) is 55.7 Å². The van der Waals surface area contributed by atoms with Crippen molar-refractivity contribution in [1.29, 1.82) is 0 Å². The summed E-state index contributed by atoms with van der Waals surface area (Å²) in [4.78, 5) is 4.69. The molecular weight excluding hydrogens is 833 g/mol. The zero-order valence-electron chi connectivity index (χ0n) is 40.5. The van der Waals surface area contributed by atoms with Crippen LogP contribution in [-0.2, 0) is 0 Å². The van der Waals surface area contributed by atoms with E-state index in [9.17, 15) is 0 Å². The highest BCUT2D eigenvalue weighted by Crippen LogP contribution is 2.47. The number of furan rings is 2. The molecule has 0 aliphatic carbocycles. The van der Waals surface area contributed by atoms with Gasteiger partial charge in [-0.1, -0.05) is 116 Å². The number of hydrogen-bond donors (Lipinski definition) is 0. The lowest BCUT2D eigenvalue weighted by molar-refractivity contribution is 0.409. The molecule has 2 aromatic heterocycles. The maximum absolute atomic E-state index is 6.77. The van der Waals surface area contributed by atoms with Crippen LogP contribution >= 0.6 is 0 Å². The van der Waals surface area contributed by atoms with E-state index in [2.05, 4.69) is 229 Å². The number of rotatable bonds is 11. The topological polar surface area (TPSA) is 42.0 Å². The largest absolute Gasteiger partial charge is 0.490 e. The summed E-state index contributed by atoms with van der Waals surface area (Å²) in [6, 6.07) is 60.4. The van der Waals surface area contributed by atoms with Crippen molar-refractivity contribution < 1.29 is 13.6 Å². The van der Waals surface area contributed by atoms with Gasteiger partial charge in [-0.05, 0) is 171 Å². The van der Waals surface area contributed by atoms with E-state index < -0.39 is 0 Å². The first-order valence-electron chi connectivity index (χ1n) is 24.2. The molecule has 0 saturated carbocycles. The Balaban J connectivity index is 1.00. The number of hydrogen-bond acceptors (Lipinski definition) is 5. The Hall–Kier alpha value is -7.50. The molecule has 11 aromatic rings. The Morgan fingerprint density at radius 2 is 0.632 bits per heavy atom. The van der Waals surface area contributed by atoms with E-state index in [1.807, 2.05) is 0 Å². The fourth-order valence-corrected chi connectivity index (χ4v) is 9.96. The number of anilines is 6. The summed E-state index contributed by atoms with van der Waals surface area (Å²) in [6.07, 6.45) is 0. The van der Waals surface area contributed by atoms with Gasteiger partial charge in [-0.2, -0.15) is 0 Å². The van der Waals surface area contributed by atoms with Gasteiger partial charge in [-0.3, -0.25) is 0 Å². The molecule has 0 saturated heterocycles. The quantitative estimate of drug-likeness (QED) is 0.129. The maximum Gasteiger partial charge on any atom is 0.205 e. The molecule has 0 bridgehead atoms. The smallest absolute Gasteiger partial charge is 0.205 e. The van der Waals surface area contributed by atoms with Crippen LogP contribution in [0, 0.1) is 0 Å². The molecule has 0 aliphatic heterocycles. The molecular formula is C63H58N2O3. The van der Waals surface area contributed by atoms with E-state index in [-0.39, 0.29) is 0 Å². The fourth-order valence-electron chi connectivity index (χ4n) is 9.96. The van der Waals surface area contributed by atoms with Gasteiger partial charge in [-0.15, -0.1) is 0 Å². The third-order valence-electron chi connectivity index (χ3n) is 14.0. The van der Waals surface area contributed by atoms with Gasteiger partial charge in [0.1, 0.15) is 11.2 Å². The lowest BCUT2D eigenvalue weighted by atomic mass is 10.0. The molecule has 0 radical (unpaired) electrons. The standard InChI is InChI=1S/C63H58N2O3/c1-37(2)41-10-20-49(21-11-41)64(50-22-12-42(13-23-50)38(3)4)53-28-18-45-32-55-57-36-58-56-33-46-19-29-54(65(51-24-14-43(15-25-51)39(5)6)52-26-16-44(17-27-52)40(7)8)31-48(46)35-60(56)68-62(58)63(66-9)61(57)67-59(55)34-47(45)30-53/h10-40H,1-9H3. The molecule has 11 rings (SSSR count). The van der Waals surface area contributed by atoms with Crippen molar-refractivity contribution in [2.24, 2.45) is 0 Å². The van der Waals surface area contributed by atoms with Crippen LogP contribution in [0.3, 0.4) is 0 Å². The predicted octanol–water partition coefficient (Wildman–Crippen LogP) is 19.2. The molecule has 0 N–H and O–H groups in total. The summed E-state index contributed by atoms with van der Waals surface area (Å²) in [6.45, 7) is 17.9.